The first-order valence-corrected chi connectivity index (χ1v) is 8.04. The quantitative estimate of drug-likeness (QED) is 0.721. The molecule has 7 nitrogen and oxygen atoms in total. The molecule has 24 heavy (non-hydrogen) atoms. The van der Waals surface area contributed by atoms with E-state index in [9.17, 15) is 15.4 Å². The fraction of sp³-hybridized carbons (Fsp3) is 0.529. The number of benzene rings is 1. The van der Waals surface area contributed by atoms with Gasteiger partial charge in [-0.25, -0.2) is 0 Å². The number of hydroxylamine groups is 2. The van der Waals surface area contributed by atoms with Crippen LogP contribution in [0.4, 0.5) is 0 Å². The summed E-state index contributed by atoms with van der Waals surface area (Å²) in [4.78, 5) is 0. The van der Waals surface area contributed by atoms with Crippen molar-refractivity contribution in [3.63, 3.8) is 0 Å². The molecule has 2 aliphatic carbocycles. The Kier molecular flexibility index (Phi) is 2.88. The van der Waals surface area contributed by atoms with Crippen molar-refractivity contribution in [1.29, 1.82) is 0 Å². The summed E-state index contributed by atoms with van der Waals surface area (Å²) in [6.45, 7) is 0.128. The molecule has 7 heteroatoms. The number of rotatable bonds is 1. The monoisotopic (exact) mass is 332 g/mol. The SMILES string of the molecule is CO[C@@H]1C=C[C@]23c4cc5c(cc4[C@H](O)[C@H]1C2N([O-])C[C@@H]3O)OCO5. The van der Waals surface area contributed by atoms with E-state index < -0.39 is 35.7 Å². The Morgan fingerprint density at radius 1 is 1.29 bits per heavy atom. The minimum atomic E-state index is -0.885. The smallest absolute Gasteiger partial charge is 0.231 e. The number of methoxy groups -OCH3 is 1. The molecule has 1 unspecified atom stereocenters. The normalized spacial score (nSPS) is 42.1. The Morgan fingerprint density at radius 3 is 2.79 bits per heavy atom. The molecule has 1 aromatic carbocycles. The largest absolute Gasteiger partial charge is 0.785 e. The van der Waals surface area contributed by atoms with Crippen LogP contribution in [0.5, 0.6) is 11.5 Å². The molecule has 2 N–H and O–H groups in total. The summed E-state index contributed by atoms with van der Waals surface area (Å²) in [6.07, 6.45) is 1.59. The van der Waals surface area contributed by atoms with Gasteiger partial charge in [-0.2, -0.15) is 0 Å². The average molecular weight is 332 g/mol. The van der Waals surface area contributed by atoms with Gasteiger partial charge in [0.1, 0.15) is 0 Å². The molecule has 0 saturated carbocycles. The molecular formula is C17H18NO6-. The first kappa shape index (κ1) is 14.7. The highest BCUT2D eigenvalue weighted by molar-refractivity contribution is 5.58. The van der Waals surface area contributed by atoms with Gasteiger partial charge in [0.05, 0.1) is 23.7 Å². The van der Waals surface area contributed by atoms with Crippen LogP contribution < -0.4 is 9.47 Å². The maximum atomic E-state index is 12.6. The van der Waals surface area contributed by atoms with E-state index in [0.717, 1.165) is 10.6 Å². The summed E-state index contributed by atoms with van der Waals surface area (Å²) in [7, 11) is 1.56. The Morgan fingerprint density at radius 2 is 2.04 bits per heavy atom. The fourth-order valence-corrected chi connectivity index (χ4v) is 4.95. The lowest BCUT2D eigenvalue weighted by atomic mass is 9.57. The Balaban J connectivity index is 1.80. The number of hydrogen-bond acceptors (Lipinski definition) is 7. The maximum absolute atomic E-state index is 12.6. The molecule has 5 rings (SSSR count). The number of aliphatic hydroxyl groups is 2. The van der Waals surface area contributed by atoms with Crippen molar-refractivity contribution in [2.45, 2.75) is 29.8 Å². The van der Waals surface area contributed by atoms with Gasteiger partial charge in [0, 0.05) is 25.6 Å². The van der Waals surface area contributed by atoms with E-state index in [-0.39, 0.29) is 13.3 Å². The van der Waals surface area contributed by atoms with E-state index in [0.29, 0.717) is 17.1 Å². The van der Waals surface area contributed by atoms with E-state index in [4.69, 9.17) is 14.2 Å². The van der Waals surface area contributed by atoms with Crippen LogP contribution in [0, 0.1) is 11.1 Å². The molecule has 0 aromatic heterocycles. The van der Waals surface area contributed by atoms with Crippen LogP contribution in [0.15, 0.2) is 24.3 Å². The molecular weight excluding hydrogens is 314 g/mol. The van der Waals surface area contributed by atoms with Crippen molar-refractivity contribution in [1.82, 2.24) is 5.06 Å². The summed E-state index contributed by atoms with van der Waals surface area (Å²) >= 11 is 0. The van der Waals surface area contributed by atoms with Crippen molar-refractivity contribution in [3.8, 4) is 11.5 Å². The highest BCUT2D eigenvalue weighted by Crippen LogP contribution is 2.58. The van der Waals surface area contributed by atoms with Gasteiger partial charge < -0.3 is 34.7 Å². The number of β-amino-alcohol motifs (C(OH)–C–C–N with tert-alkyl or cyclic N) is 1. The van der Waals surface area contributed by atoms with E-state index in [1.165, 1.54) is 0 Å². The molecule has 128 valence electrons. The highest BCUT2D eigenvalue weighted by atomic mass is 16.7. The number of nitrogens with zero attached hydrogens (tertiary/aromatic N) is 1. The molecule has 6 atom stereocenters. The second kappa shape index (κ2) is 4.71. The Hall–Kier alpha value is -1.64. The average Bonchev–Trinajstić information content (AvgIpc) is 3.14. The van der Waals surface area contributed by atoms with Crippen molar-refractivity contribution < 1.29 is 24.4 Å². The van der Waals surface area contributed by atoms with Crippen LogP contribution in [0.25, 0.3) is 0 Å². The van der Waals surface area contributed by atoms with E-state index in [1.54, 1.807) is 19.2 Å². The number of fused-ring (bicyclic) bond motifs is 2. The summed E-state index contributed by atoms with van der Waals surface area (Å²) in [5.74, 6) is 0.694. The zero-order chi connectivity index (χ0) is 16.6. The van der Waals surface area contributed by atoms with Crippen molar-refractivity contribution in [2.24, 2.45) is 5.92 Å². The fourth-order valence-electron chi connectivity index (χ4n) is 4.95. The van der Waals surface area contributed by atoms with Crippen LogP contribution in [-0.2, 0) is 10.2 Å². The molecule has 4 aliphatic rings. The minimum absolute atomic E-state index is 0.00252. The number of ether oxygens (including phenoxy) is 3. The third-order valence-corrected chi connectivity index (χ3v) is 5.98. The second-order valence-corrected chi connectivity index (χ2v) is 6.87. The van der Waals surface area contributed by atoms with Crippen LogP contribution in [0.3, 0.4) is 0 Å². The summed E-state index contributed by atoms with van der Waals surface area (Å²) in [6, 6.07) is 2.98. The summed E-state index contributed by atoms with van der Waals surface area (Å²) in [5.41, 5.74) is 0.537. The van der Waals surface area contributed by atoms with E-state index >= 15 is 0 Å². The van der Waals surface area contributed by atoms with Gasteiger partial charge in [-0.15, -0.1) is 0 Å². The molecule has 0 spiro atoms. The van der Waals surface area contributed by atoms with Gasteiger partial charge in [-0.3, -0.25) is 0 Å². The predicted molar refractivity (Wildman–Crippen MR) is 82.5 cm³/mol. The van der Waals surface area contributed by atoms with Crippen molar-refractivity contribution >= 4 is 0 Å². The lowest BCUT2D eigenvalue weighted by Crippen LogP contribution is -2.59. The first-order chi connectivity index (χ1) is 11.6. The van der Waals surface area contributed by atoms with Gasteiger partial charge >= 0.3 is 0 Å². The first-order valence-electron chi connectivity index (χ1n) is 8.04. The lowest BCUT2D eigenvalue weighted by molar-refractivity contribution is -0.0535. The molecule has 2 bridgehead atoms. The van der Waals surface area contributed by atoms with Crippen LogP contribution in [0.2, 0.25) is 0 Å². The number of aliphatic hydroxyl groups excluding tert-OH is 2. The lowest BCUT2D eigenvalue weighted by Gasteiger charge is -2.54. The zero-order valence-corrected chi connectivity index (χ0v) is 13.1. The zero-order valence-electron chi connectivity index (χ0n) is 13.1. The Bertz CT molecular complexity index is 736. The van der Waals surface area contributed by atoms with Gasteiger partial charge in [0.2, 0.25) is 6.79 Å². The second-order valence-electron chi connectivity index (χ2n) is 6.87. The minimum Gasteiger partial charge on any atom is -0.785 e. The molecule has 2 heterocycles. The van der Waals surface area contributed by atoms with Gasteiger partial charge in [-0.1, -0.05) is 12.2 Å². The van der Waals surface area contributed by atoms with Crippen molar-refractivity contribution in [2.75, 3.05) is 20.4 Å². The molecule has 1 saturated heterocycles. The Labute approximate surface area is 138 Å². The predicted octanol–water partition coefficient (Wildman–Crippen LogP) is 0.444. The standard InChI is InChI=1S/C17H18NO6/c1-22-10-2-3-17-9-5-12-11(23-7-24-12)4-8(9)15(20)14(10)16(17)18(21)6-13(17)19/h2-5,10,13-16,19-20H,6-7H2,1H3/q-1/t10-,13+,14+,15+,16?,17-/m1/s1. The highest BCUT2D eigenvalue weighted by Gasteiger charge is 2.62. The molecule has 0 amide bonds. The van der Waals surface area contributed by atoms with E-state index in [2.05, 4.69) is 0 Å². The van der Waals surface area contributed by atoms with Crippen molar-refractivity contribution in [3.05, 3.63) is 40.6 Å². The van der Waals surface area contributed by atoms with Crippen LogP contribution in [0.1, 0.15) is 17.2 Å². The number of hydrogen-bond donors (Lipinski definition) is 2. The molecule has 1 fully saturated rings. The molecule has 2 aliphatic heterocycles. The van der Waals surface area contributed by atoms with Gasteiger partial charge in [0.25, 0.3) is 0 Å². The van der Waals surface area contributed by atoms with Gasteiger partial charge in [0.15, 0.2) is 11.5 Å². The summed E-state index contributed by atoms with van der Waals surface area (Å²) in [5, 5.41) is 35.2. The summed E-state index contributed by atoms with van der Waals surface area (Å²) < 4.78 is 16.4. The van der Waals surface area contributed by atoms with Crippen LogP contribution in [-0.4, -0.2) is 54.0 Å². The van der Waals surface area contributed by atoms with E-state index in [1.807, 2.05) is 12.2 Å². The third-order valence-electron chi connectivity index (χ3n) is 5.98. The molecule has 1 aromatic rings. The molecule has 0 radical (unpaired) electrons. The van der Waals surface area contributed by atoms with Gasteiger partial charge in [-0.05, 0) is 23.3 Å². The maximum Gasteiger partial charge on any atom is 0.231 e. The topological polar surface area (TPSA) is 94.5 Å². The van der Waals surface area contributed by atoms with Crippen LogP contribution >= 0.6 is 0 Å². The third kappa shape index (κ3) is 1.54.